The topological polar surface area (TPSA) is 63.2 Å². The summed E-state index contributed by atoms with van der Waals surface area (Å²) in [6.45, 7) is 3.13. The molecular weight excluding hydrogens is 338 g/mol. The summed E-state index contributed by atoms with van der Waals surface area (Å²) in [5.41, 5.74) is 4.53. The minimum atomic E-state index is -0.187. The maximum atomic E-state index is 12.3. The van der Waals surface area contributed by atoms with Gasteiger partial charge in [-0.25, -0.2) is 4.98 Å². The zero-order valence-corrected chi connectivity index (χ0v) is 15.5. The molecule has 2 aromatic carbocycles. The van der Waals surface area contributed by atoms with Crippen LogP contribution < -0.4 is 15.4 Å². The lowest BCUT2D eigenvalue weighted by molar-refractivity contribution is 0.0946. The van der Waals surface area contributed by atoms with E-state index < -0.39 is 0 Å². The number of hydrogen-bond acceptors (Lipinski definition) is 4. The molecule has 0 saturated heterocycles. The molecule has 3 rings (SSSR count). The van der Waals surface area contributed by atoms with Crippen LogP contribution in [0.5, 0.6) is 5.75 Å². The van der Waals surface area contributed by atoms with Crippen LogP contribution in [0.4, 0.5) is 5.69 Å². The maximum absolute atomic E-state index is 12.3. The van der Waals surface area contributed by atoms with Crippen molar-refractivity contribution in [1.29, 1.82) is 0 Å². The van der Waals surface area contributed by atoms with Gasteiger partial charge in [0.15, 0.2) is 0 Å². The third kappa shape index (κ3) is 5.07. The first-order valence-corrected chi connectivity index (χ1v) is 8.81. The molecule has 1 amide bonds. The molecule has 5 heteroatoms. The molecule has 1 aromatic heterocycles. The van der Waals surface area contributed by atoms with Gasteiger partial charge in [-0.15, -0.1) is 0 Å². The molecule has 27 heavy (non-hydrogen) atoms. The Bertz CT molecular complexity index is 907. The number of aryl methyl sites for hydroxylation is 1. The number of carbonyl (C=O) groups is 1. The average Bonchev–Trinajstić information content (AvgIpc) is 2.71. The molecule has 0 radical (unpaired) electrons. The van der Waals surface area contributed by atoms with E-state index in [1.54, 1.807) is 19.4 Å². The van der Waals surface area contributed by atoms with Gasteiger partial charge in [0.25, 0.3) is 5.91 Å². The molecule has 5 nitrogen and oxygen atoms in total. The zero-order valence-electron chi connectivity index (χ0n) is 15.5. The normalized spacial score (nSPS) is 10.3. The van der Waals surface area contributed by atoms with Crippen LogP contribution in [0.3, 0.4) is 0 Å². The molecule has 3 aromatic rings. The number of benzene rings is 2. The largest absolute Gasteiger partial charge is 0.496 e. The van der Waals surface area contributed by atoms with Crippen LogP contribution in [0, 0.1) is 6.92 Å². The van der Waals surface area contributed by atoms with E-state index in [-0.39, 0.29) is 5.91 Å². The van der Waals surface area contributed by atoms with Gasteiger partial charge in [0.05, 0.1) is 19.0 Å². The summed E-state index contributed by atoms with van der Waals surface area (Å²) >= 11 is 0. The third-order valence-electron chi connectivity index (χ3n) is 4.21. The SMILES string of the molecule is COc1ccccc1CNc1ccc(C(=O)NCc2cccc(C)c2)nc1. The highest BCUT2D eigenvalue weighted by molar-refractivity contribution is 5.92. The van der Waals surface area contributed by atoms with Crippen LogP contribution in [-0.2, 0) is 13.1 Å². The maximum Gasteiger partial charge on any atom is 0.270 e. The first-order chi connectivity index (χ1) is 13.2. The number of methoxy groups -OCH3 is 1. The number of hydrogen-bond donors (Lipinski definition) is 2. The Balaban J connectivity index is 1.55. The van der Waals surface area contributed by atoms with Gasteiger partial charge in [-0.2, -0.15) is 0 Å². The Morgan fingerprint density at radius 3 is 2.63 bits per heavy atom. The summed E-state index contributed by atoms with van der Waals surface area (Å²) in [6, 6.07) is 19.5. The van der Waals surface area contributed by atoms with Crippen molar-refractivity contribution in [2.24, 2.45) is 0 Å². The van der Waals surface area contributed by atoms with Crippen molar-refractivity contribution in [3.63, 3.8) is 0 Å². The Hall–Kier alpha value is -3.34. The molecule has 0 aliphatic heterocycles. The minimum Gasteiger partial charge on any atom is -0.496 e. The van der Waals surface area contributed by atoms with E-state index in [9.17, 15) is 4.79 Å². The highest BCUT2D eigenvalue weighted by atomic mass is 16.5. The Labute approximate surface area is 159 Å². The van der Waals surface area contributed by atoms with Crippen molar-refractivity contribution in [2.45, 2.75) is 20.0 Å². The van der Waals surface area contributed by atoms with Crippen molar-refractivity contribution < 1.29 is 9.53 Å². The number of para-hydroxylation sites is 1. The Kier molecular flexibility index (Phi) is 6.05. The molecule has 0 unspecified atom stereocenters. The molecule has 138 valence electrons. The first kappa shape index (κ1) is 18.5. The fourth-order valence-corrected chi connectivity index (χ4v) is 2.77. The van der Waals surface area contributed by atoms with E-state index in [1.165, 1.54) is 5.56 Å². The number of amides is 1. The lowest BCUT2D eigenvalue weighted by Gasteiger charge is -2.10. The van der Waals surface area contributed by atoms with Crippen LogP contribution in [0.1, 0.15) is 27.2 Å². The van der Waals surface area contributed by atoms with Crippen LogP contribution in [0.25, 0.3) is 0 Å². The number of anilines is 1. The summed E-state index contributed by atoms with van der Waals surface area (Å²) in [7, 11) is 1.66. The number of nitrogens with zero attached hydrogens (tertiary/aromatic N) is 1. The molecular formula is C22H23N3O2. The Morgan fingerprint density at radius 2 is 1.89 bits per heavy atom. The van der Waals surface area contributed by atoms with Crippen molar-refractivity contribution in [1.82, 2.24) is 10.3 Å². The second-order valence-corrected chi connectivity index (χ2v) is 6.27. The molecule has 0 bridgehead atoms. The zero-order chi connectivity index (χ0) is 19.1. The van der Waals surface area contributed by atoms with Gasteiger partial charge in [0.2, 0.25) is 0 Å². The molecule has 0 aliphatic carbocycles. The minimum absolute atomic E-state index is 0.187. The van der Waals surface area contributed by atoms with Crippen molar-refractivity contribution in [3.8, 4) is 5.75 Å². The van der Waals surface area contributed by atoms with E-state index in [4.69, 9.17) is 4.74 Å². The molecule has 1 heterocycles. The fraction of sp³-hybridized carbons (Fsp3) is 0.182. The summed E-state index contributed by atoms with van der Waals surface area (Å²) in [5.74, 6) is 0.651. The van der Waals surface area contributed by atoms with E-state index in [0.717, 1.165) is 22.6 Å². The summed E-state index contributed by atoms with van der Waals surface area (Å²) in [4.78, 5) is 16.5. The smallest absolute Gasteiger partial charge is 0.270 e. The number of carbonyl (C=O) groups excluding carboxylic acids is 1. The van der Waals surface area contributed by atoms with Crippen LogP contribution in [0.15, 0.2) is 66.9 Å². The first-order valence-electron chi connectivity index (χ1n) is 8.81. The van der Waals surface area contributed by atoms with Crippen LogP contribution >= 0.6 is 0 Å². The summed E-state index contributed by atoms with van der Waals surface area (Å²) in [5, 5.41) is 6.19. The molecule has 0 aliphatic rings. The van der Waals surface area contributed by atoms with Gasteiger partial charge in [-0.05, 0) is 30.7 Å². The monoisotopic (exact) mass is 361 g/mol. The predicted molar refractivity (Wildman–Crippen MR) is 107 cm³/mol. The van der Waals surface area contributed by atoms with Gasteiger partial charge in [0.1, 0.15) is 11.4 Å². The molecule has 0 atom stereocenters. The van der Waals surface area contributed by atoms with Crippen molar-refractivity contribution >= 4 is 11.6 Å². The number of rotatable bonds is 7. The van der Waals surface area contributed by atoms with E-state index in [2.05, 4.69) is 21.7 Å². The number of pyridine rings is 1. The quantitative estimate of drug-likeness (QED) is 0.669. The summed E-state index contributed by atoms with van der Waals surface area (Å²) in [6.07, 6.45) is 1.66. The van der Waals surface area contributed by atoms with Gasteiger partial charge < -0.3 is 15.4 Å². The van der Waals surface area contributed by atoms with E-state index >= 15 is 0 Å². The second-order valence-electron chi connectivity index (χ2n) is 6.27. The van der Waals surface area contributed by atoms with Gasteiger partial charge in [-0.3, -0.25) is 4.79 Å². The predicted octanol–water partition coefficient (Wildman–Crippen LogP) is 3.94. The highest BCUT2D eigenvalue weighted by Gasteiger charge is 2.07. The third-order valence-corrected chi connectivity index (χ3v) is 4.21. The van der Waals surface area contributed by atoms with E-state index in [0.29, 0.717) is 18.8 Å². The lowest BCUT2D eigenvalue weighted by Crippen LogP contribution is -2.23. The lowest BCUT2D eigenvalue weighted by atomic mass is 10.1. The highest BCUT2D eigenvalue weighted by Crippen LogP contribution is 2.18. The standard InChI is InChI=1S/C22H23N3O2/c1-16-6-5-7-17(12-16)13-25-22(26)20-11-10-19(15-24-20)23-14-18-8-3-4-9-21(18)27-2/h3-12,15,23H,13-14H2,1-2H3,(H,25,26). The summed E-state index contributed by atoms with van der Waals surface area (Å²) < 4.78 is 5.35. The fourth-order valence-electron chi connectivity index (χ4n) is 2.77. The number of nitrogens with one attached hydrogen (secondary N) is 2. The van der Waals surface area contributed by atoms with Gasteiger partial charge in [-0.1, -0.05) is 48.0 Å². The van der Waals surface area contributed by atoms with Crippen LogP contribution in [0.2, 0.25) is 0 Å². The van der Waals surface area contributed by atoms with Gasteiger partial charge in [0, 0.05) is 18.7 Å². The second kappa shape index (κ2) is 8.85. The van der Waals surface area contributed by atoms with Crippen molar-refractivity contribution in [3.05, 3.63) is 89.2 Å². The Morgan fingerprint density at radius 1 is 1.04 bits per heavy atom. The molecule has 0 fully saturated rings. The number of aromatic nitrogens is 1. The number of ether oxygens (including phenoxy) is 1. The van der Waals surface area contributed by atoms with Crippen molar-refractivity contribution in [2.75, 3.05) is 12.4 Å². The molecule has 0 saturated carbocycles. The molecule has 0 spiro atoms. The van der Waals surface area contributed by atoms with E-state index in [1.807, 2.05) is 55.5 Å². The van der Waals surface area contributed by atoms with Crippen LogP contribution in [-0.4, -0.2) is 18.0 Å². The molecule has 2 N–H and O–H groups in total. The average molecular weight is 361 g/mol. The van der Waals surface area contributed by atoms with Gasteiger partial charge >= 0.3 is 0 Å².